The number of rotatable bonds is 4. The summed E-state index contributed by atoms with van der Waals surface area (Å²) < 4.78 is 0. The zero-order valence-corrected chi connectivity index (χ0v) is 9.85. The number of aliphatic hydroxyl groups excluding tert-OH is 1. The van der Waals surface area contributed by atoms with Crippen molar-refractivity contribution in [1.29, 1.82) is 0 Å². The number of anilines is 1. The van der Waals surface area contributed by atoms with Crippen molar-refractivity contribution < 1.29 is 5.11 Å². The molecule has 2 aromatic rings. The fourth-order valence-electron chi connectivity index (χ4n) is 1.40. The number of aliphatic hydroxyl groups is 1. The lowest BCUT2D eigenvalue weighted by Crippen LogP contribution is -2.04. The fraction of sp³-hybridized carbons (Fsp3) is 0.167. The Morgan fingerprint density at radius 1 is 1.24 bits per heavy atom. The van der Waals surface area contributed by atoms with Gasteiger partial charge in [0.15, 0.2) is 5.82 Å². The maximum Gasteiger partial charge on any atom is 0.156 e. The lowest BCUT2D eigenvalue weighted by molar-refractivity contribution is 0.271. The molecule has 0 aliphatic rings. The van der Waals surface area contributed by atoms with Crippen molar-refractivity contribution in [1.82, 2.24) is 9.97 Å². The molecule has 0 atom stereocenters. The number of hydrogen-bond acceptors (Lipinski definition) is 4. The summed E-state index contributed by atoms with van der Waals surface area (Å²) in [5.74, 6) is 1.07. The molecule has 17 heavy (non-hydrogen) atoms. The van der Waals surface area contributed by atoms with Crippen LogP contribution >= 0.6 is 11.6 Å². The van der Waals surface area contributed by atoms with Gasteiger partial charge in [0, 0.05) is 17.8 Å². The van der Waals surface area contributed by atoms with E-state index in [1.54, 1.807) is 12.3 Å². The Morgan fingerprint density at radius 2 is 2.06 bits per heavy atom. The third kappa shape index (κ3) is 3.15. The average Bonchev–Trinajstić information content (AvgIpc) is 2.38. The average molecular weight is 250 g/mol. The highest BCUT2D eigenvalue weighted by atomic mass is 35.5. The van der Waals surface area contributed by atoms with Gasteiger partial charge in [0.25, 0.3) is 0 Å². The van der Waals surface area contributed by atoms with Gasteiger partial charge in [0.2, 0.25) is 0 Å². The Hall–Kier alpha value is -1.65. The third-order valence-electron chi connectivity index (χ3n) is 2.26. The molecule has 1 aromatic carbocycles. The molecule has 0 unspecified atom stereocenters. The van der Waals surface area contributed by atoms with Crippen molar-refractivity contribution >= 4 is 17.4 Å². The summed E-state index contributed by atoms with van der Waals surface area (Å²) >= 11 is 6.04. The maximum atomic E-state index is 8.92. The van der Waals surface area contributed by atoms with Crippen molar-refractivity contribution in [2.45, 2.75) is 13.2 Å². The van der Waals surface area contributed by atoms with E-state index in [4.69, 9.17) is 16.7 Å². The summed E-state index contributed by atoms with van der Waals surface area (Å²) in [6.07, 6.45) is 1.60. The summed E-state index contributed by atoms with van der Waals surface area (Å²) in [5, 5.41) is 12.8. The predicted octanol–water partition coefficient (Wildman–Crippen LogP) is 2.23. The smallest absolute Gasteiger partial charge is 0.156 e. The van der Waals surface area contributed by atoms with Gasteiger partial charge in [0.05, 0.1) is 0 Å². The van der Waals surface area contributed by atoms with Gasteiger partial charge < -0.3 is 10.4 Å². The highest BCUT2D eigenvalue weighted by Crippen LogP contribution is 2.16. The normalized spacial score (nSPS) is 10.2. The molecule has 0 saturated carbocycles. The van der Waals surface area contributed by atoms with Crippen molar-refractivity contribution in [3.63, 3.8) is 0 Å². The van der Waals surface area contributed by atoms with Gasteiger partial charge in [0.1, 0.15) is 12.4 Å². The molecule has 2 N–H and O–H groups in total. The summed E-state index contributed by atoms with van der Waals surface area (Å²) in [6.45, 7) is 0.420. The molecule has 0 aliphatic heterocycles. The fourth-order valence-corrected chi connectivity index (χ4v) is 1.60. The van der Waals surface area contributed by atoms with Gasteiger partial charge >= 0.3 is 0 Å². The van der Waals surface area contributed by atoms with Crippen LogP contribution in [0.5, 0.6) is 0 Å². The van der Waals surface area contributed by atoms with E-state index in [0.717, 1.165) is 10.6 Å². The van der Waals surface area contributed by atoms with E-state index < -0.39 is 0 Å². The van der Waals surface area contributed by atoms with Gasteiger partial charge in [-0.15, -0.1) is 0 Å². The molecule has 0 spiro atoms. The van der Waals surface area contributed by atoms with Crippen LogP contribution in [-0.2, 0) is 13.2 Å². The van der Waals surface area contributed by atoms with Crippen LogP contribution in [0.15, 0.2) is 36.5 Å². The standard InChI is InChI=1S/C12H12ClN3O/c13-10-4-2-1-3-9(10)7-15-11-5-6-14-12(8-17)16-11/h1-6,17H,7-8H2,(H,14,15,16). The topological polar surface area (TPSA) is 58.0 Å². The molecule has 1 heterocycles. The Labute approximate surface area is 104 Å². The van der Waals surface area contributed by atoms with Crippen LogP contribution in [-0.4, -0.2) is 15.1 Å². The first-order chi connectivity index (χ1) is 8.29. The second kappa shape index (κ2) is 5.61. The monoisotopic (exact) mass is 249 g/mol. The first-order valence-electron chi connectivity index (χ1n) is 5.19. The lowest BCUT2D eigenvalue weighted by atomic mass is 10.2. The zero-order valence-electron chi connectivity index (χ0n) is 9.10. The van der Waals surface area contributed by atoms with Crippen LogP contribution in [0.4, 0.5) is 5.82 Å². The molecule has 4 nitrogen and oxygen atoms in total. The van der Waals surface area contributed by atoms with E-state index in [-0.39, 0.29) is 6.61 Å². The van der Waals surface area contributed by atoms with Crippen LogP contribution < -0.4 is 5.32 Å². The molecule has 0 aliphatic carbocycles. The van der Waals surface area contributed by atoms with Gasteiger partial charge in [-0.25, -0.2) is 9.97 Å². The Kier molecular flexibility index (Phi) is 3.90. The van der Waals surface area contributed by atoms with Crippen LogP contribution in [0, 0.1) is 0 Å². The second-order valence-corrected chi connectivity index (χ2v) is 3.87. The molecule has 0 saturated heterocycles. The van der Waals surface area contributed by atoms with Crippen molar-refractivity contribution in [2.24, 2.45) is 0 Å². The number of aromatic nitrogens is 2. The van der Waals surface area contributed by atoms with E-state index in [0.29, 0.717) is 18.2 Å². The Bertz CT molecular complexity index is 505. The minimum Gasteiger partial charge on any atom is -0.388 e. The van der Waals surface area contributed by atoms with Crippen LogP contribution in [0.2, 0.25) is 5.02 Å². The van der Waals surface area contributed by atoms with E-state index in [9.17, 15) is 0 Å². The Morgan fingerprint density at radius 3 is 2.82 bits per heavy atom. The van der Waals surface area contributed by atoms with E-state index in [2.05, 4.69) is 15.3 Å². The van der Waals surface area contributed by atoms with E-state index in [1.165, 1.54) is 0 Å². The zero-order chi connectivity index (χ0) is 12.1. The molecular formula is C12H12ClN3O. The number of nitrogens with one attached hydrogen (secondary N) is 1. The third-order valence-corrected chi connectivity index (χ3v) is 2.63. The number of hydrogen-bond donors (Lipinski definition) is 2. The van der Waals surface area contributed by atoms with Gasteiger partial charge in [-0.2, -0.15) is 0 Å². The quantitative estimate of drug-likeness (QED) is 0.873. The van der Waals surface area contributed by atoms with Crippen LogP contribution in [0.1, 0.15) is 11.4 Å². The second-order valence-electron chi connectivity index (χ2n) is 3.46. The van der Waals surface area contributed by atoms with Crippen molar-refractivity contribution in [2.75, 3.05) is 5.32 Å². The summed E-state index contributed by atoms with van der Waals surface area (Å²) in [6, 6.07) is 9.36. The molecule has 2 rings (SSSR count). The highest BCUT2D eigenvalue weighted by molar-refractivity contribution is 6.31. The van der Waals surface area contributed by atoms with Crippen molar-refractivity contribution in [3.8, 4) is 0 Å². The summed E-state index contributed by atoms with van der Waals surface area (Å²) in [4.78, 5) is 8.02. The minimum atomic E-state index is -0.165. The first-order valence-corrected chi connectivity index (χ1v) is 5.57. The molecule has 1 aromatic heterocycles. The number of nitrogens with zero attached hydrogens (tertiary/aromatic N) is 2. The maximum absolute atomic E-state index is 8.92. The lowest BCUT2D eigenvalue weighted by Gasteiger charge is -2.07. The van der Waals surface area contributed by atoms with E-state index >= 15 is 0 Å². The van der Waals surface area contributed by atoms with Gasteiger partial charge in [-0.05, 0) is 17.7 Å². The predicted molar refractivity (Wildman–Crippen MR) is 66.7 cm³/mol. The molecule has 88 valence electrons. The summed E-state index contributed by atoms with van der Waals surface area (Å²) in [7, 11) is 0. The van der Waals surface area contributed by atoms with E-state index in [1.807, 2.05) is 24.3 Å². The van der Waals surface area contributed by atoms with Crippen LogP contribution in [0.25, 0.3) is 0 Å². The highest BCUT2D eigenvalue weighted by Gasteiger charge is 2.00. The van der Waals surface area contributed by atoms with Gasteiger partial charge in [-0.3, -0.25) is 0 Å². The molecule has 0 bridgehead atoms. The largest absolute Gasteiger partial charge is 0.388 e. The SMILES string of the molecule is OCc1nccc(NCc2ccccc2Cl)n1. The summed E-state index contributed by atoms with van der Waals surface area (Å²) in [5.41, 5.74) is 0.998. The van der Waals surface area contributed by atoms with Crippen LogP contribution in [0.3, 0.4) is 0 Å². The number of halogens is 1. The molecule has 0 radical (unpaired) electrons. The minimum absolute atomic E-state index is 0.165. The number of benzene rings is 1. The van der Waals surface area contributed by atoms with Gasteiger partial charge in [-0.1, -0.05) is 29.8 Å². The molecule has 5 heteroatoms. The molecular weight excluding hydrogens is 238 g/mol. The Balaban J connectivity index is 2.05. The first kappa shape index (κ1) is 11.8. The molecule has 0 amide bonds. The van der Waals surface area contributed by atoms with Crippen molar-refractivity contribution in [3.05, 3.63) is 52.9 Å². The molecule has 0 fully saturated rings.